The van der Waals surface area contributed by atoms with Gasteiger partial charge in [-0.05, 0) is 86.6 Å². The minimum Gasteiger partial charge on any atom is -0.302 e. The Bertz CT molecular complexity index is 1490. The Morgan fingerprint density at radius 3 is 1.08 bits per heavy atom. The van der Waals surface area contributed by atoms with Crippen molar-refractivity contribution in [2.75, 3.05) is 9.80 Å². The van der Waals surface area contributed by atoms with Crippen molar-refractivity contribution in [3.63, 3.8) is 0 Å². The van der Waals surface area contributed by atoms with E-state index in [1.807, 2.05) is 22.7 Å². The molecule has 38 heavy (non-hydrogen) atoms. The monoisotopic (exact) mass is 528 g/mol. The second kappa shape index (κ2) is 10.7. The van der Waals surface area contributed by atoms with Gasteiger partial charge in [-0.3, -0.25) is 0 Å². The number of benzene rings is 4. The smallest absolute Gasteiger partial charge is 0.101 e. The van der Waals surface area contributed by atoms with Crippen molar-refractivity contribution in [2.24, 2.45) is 0 Å². The van der Waals surface area contributed by atoms with Gasteiger partial charge in [-0.1, -0.05) is 71.8 Å². The third-order valence-corrected chi connectivity index (χ3v) is 8.82. The molecule has 0 spiro atoms. The number of nitrogens with zero attached hydrogens (tertiary/aromatic N) is 2. The number of hydrogen-bond donors (Lipinski definition) is 0. The van der Waals surface area contributed by atoms with Gasteiger partial charge in [0.2, 0.25) is 0 Å². The lowest BCUT2D eigenvalue weighted by Crippen LogP contribution is -2.08. The lowest BCUT2D eigenvalue weighted by atomic mass is 10.2. The summed E-state index contributed by atoms with van der Waals surface area (Å²) in [6.45, 7) is 4.26. The molecule has 186 valence electrons. The Hall–Kier alpha value is -4.12. The zero-order chi connectivity index (χ0) is 25.9. The average Bonchev–Trinajstić information content (AvgIpc) is 3.63. The van der Waals surface area contributed by atoms with E-state index in [0.29, 0.717) is 0 Å². The maximum atomic E-state index is 2.34. The second-order valence-electron chi connectivity index (χ2n) is 9.29. The summed E-state index contributed by atoms with van der Waals surface area (Å²) in [6.07, 6.45) is 0. The maximum absolute atomic E-state index is 2.34. The molecule has 4 aromatic carbocycles. The van der Waals surface area contributed by atoms with Gasteiger partial charge in [-0.2, -0.15) is 0 Å². The molecule has 2 aromatic heterocycles. The van der Waals surface area contributed by atoms with Gasteiger partial charge in [-0.25, -0.2) is 0 Å². The molecule has 0 aliphatic heterocycles. The molecule has 6 rings (SSSR count). The summed E-state index contributed by atoms with van der Waals surface area (Å²) < 4.78 is 0. The molecule has 0 aliphatic rings. The van der Waals surface area contributed by atoms with Crippen molar-refractivity contribution < 1.29 is 0 Å². The Labute approximate surface area is 232 Å². The number of anilines is 6. The summed E-state index contributed by atoms with van der Waals surface area (Å²) in [5, 5.41) is 2.40. The summed E-state index contributed by atoms with van der Waals surface area (Å²) in [4.78, 5) is 7.21. The predicted molar refractivity (Wildman–Crippen MR) is 166 cm³/mol. The lowest BCUT2D eigenvalue weighted by Gasteiger charge is -2.23. The molecule has 0 aliphatic carbocycles. The van der Waals surface area contributed by atoms with E-state index in [4.69, 9.17) is 0 Å². The fraction of sp³-hybridized carbons (Fsp3) is 0.0588. The van der Waals surface area contributed by atoms with E-state index >= 15 is 0 Å². The van der Waals surface area contributed by atoms with Crippen LogP contribution in [0.4, 0.5) is 32.8 Å². The number of para-hydroxylation sites is 2. The summed E-state index contributed by atoms with van der Waals surface area (Å²) >= 11 is 3.65. The molecule has 0 fully saturated rings. The first-order chi connectivity index (χ1) is 18.7. The molecule has 0 saturated carbocycles. The van der Waals surface area contributed by atoms with Gasteiger partial charge >= 0.3 is 0 Å². The first-order valence-corrected chi connectivity index (χ1v) is 14.3. The van der Waals surface area contributed by atoms with E-state index in [2.05, 4.69) is 157 Å². The Morgan fingerprint density at radius 2 is 0.711 bits per heavy atom. The highest BCUT2D eigenvalue weighted by molar-refractivity contribution is 7.26. The summed E-state index contributed by atoms with van der Waals surface area (Å²) in [6, 6.07) is 47.7. The van der Waals surface area contributed by atoms with Crippen molar-refractivity contribution in [1.82, 2.24) is 0 Å². The highest BCUT2D eigenvalue weighted by Crippen LogP contribution is 2.46. The van der Waals surface area contributed by atoms with Crippen LogP contribution in [0.1, 0.15) is 11.1 Å². The van der Waals surface area contributed by atoms with Crippen LogP contribution >= 0.6 is 22.7 Å². The number of hydrogen-bond acceptors (Lipinski definition) is 4. The molecule has 0 N–H and O–H groups in total. The number of thiophene rings is 2. The van der Waals surface area contributed by atoms with Crippen molar-refractivity contribution in [3.05, 3.63) is 145 Å². The van der Waals surface area contributed by atoms with Gasteiger partial charge in [0.1, 0.15) is 10.0 Å². The van der Waals surface area contributed by atoms with Crippen LogP contribution in [-0.4, -0.2) is 0 Å². The first kappa shape index (κ1) is 24.2. The highest BCUT2D eigenvalue weighted by Gasteiger charge is 2.18. The highest BCUT2D eigenvalue weighted by atomic mass is 32.1. The van der Waals surface area contributed by atoms with Crippen LogP contribution in [0, 0.1) is 13.8 Å². The van der Waals surface area contributed by atoms with Crippen LogP contribution in [-0.2, 0) is 0 Å². The van der Waals surface area contributed by atoms with E-state index in [1.165, 1.54) is 30.9 Å². The second-order valence-corrected chi connectivity index (χ2v) is 11.4. The van der Waals surface area contributed by atoms with Crippen molar-refractivity contribution in [3.8, 4) is 9.75 Å². The molecule has 0 atom stereocenters. The van der Waals surface area contributed by atoms with Crippen molar-refractivity contribution >= 4 is 55.4 Å². The summed E-state index contributed by atoms with van der Waals surface area (Å²) in [5.41, 5.74) is 7.17. The van der Waals surface area contributed by atoms with Crippen LogP contribution in [0.15, 0.2) is 133 Å². The van der Waals surface area contributed by atoms with Gasteiger partial charge < -0.3 is 9.80 Å². The Morgan fingerprint density at radius 1 is 0.368 bits per heavy atom. The quantitative estimate of drug-likeness (QED) is 0.203. The van der Waals surface area contributed by atoms with E-state index in [9.17, 15) is 0 Å². The molecule has 0 unspecified atom stereocenters. The minimum absolute atomic E-state index is 1.16. The Kier molecular flexibility index (Phi) is 6.82. The van der Waals surface area contributed by atoms with Gasteiger partial charge in [0.25, 0.3) is 0 Å². The molecule has 0 amide bonds. The van der Waals surface area contributed by atoms with Crippen molar-refractivity contribution in [2.45, 2.75) is 13.8 Å². The summed E-state index contributed by atoms with van der Waals surface area (Å²) in [7, 11) is 0. The maximum Gasteiger partial charge on any atom is 0.101 e. The molecular weight excluding hydrogens is 501 g/mol. The van der Waals surface area contributed by atoms with E-state index < -0.39 is 0 Å². The van der Waals surface area contributed by atoms with Gasteiger partial charge in [-0.15, -0.1) is 22.7 Å². The third-order valence-electron chi connectivity index (χ3n) is 6.48. The third kappa shape index (κ3) is 5.01. The van der Waals surface area contributed by atoms with Crippen LogP contribution in [0.25, 0.3) is 9.75 Å². The molecule has 2 nitrogen and oxygen atoms in total. The van der Waals surface area contributed by atoms with Gasteiger partial charge in [0, 0.05) is 32.5 Å². The zero-order valence-corrected chi connectivity index (χ0v) is 23.0. The van der Waals surface area contributed by atoms with E-state index in [1.54, 1.807) is 0 Å². The van der Waals surface area contributed by atoms with Gasteiger partial charge in [0.05, 0.1) is 0 Å². The molecule has 2 heterocycles. The van der Waals surface area contributed by atoms with Gasteiger partial charge in [0.15, 0.2) is 0 Å². The molecule has 0 radical (unpaired) electrons. The molecule has 0 bridgehead atoms. The zero-order valence-electron chi connectivity index (χ0n) is 21.4. The normalized spacial score (nSPS) is 10.9. The molecule has 0 saturated heterocycles. The first-order valence-electron chi connectivity index (χ1n) is 12.7. The topological polar surface area (TPSA) is 6.48 Å². The lowest BCUT2D eigenvalue weighted by molar-refractivity contribution is 1.30. The number of aryl methyl sites for hydroxylation is 2. The standard InChI is InChI=1S/C34H28N2S2/c1-25-13-17-29(18-14-25)35(27-9-5-3-6-10-27)33-23-21-31(37-33)32-22-24-34(38-32)36(28-11-7-4-8-12-28)30-19-15-26(2)16-20-30/h3-24H,1-2H3. The predicted octanol–water partition coefficient (Wildman–Crippen LogP) is 11.0. The van der Waals surface area contributed by atoms with Crippen LogP contribution < -0.4 is 9.80 Å². The molecule has 4 heteroatoms. The van der Waals surface area contributed by atoms with E-state index in [0.717, 1.165) is 22.7 Å². The largest absolute Gasteiger partial charge is 0.302 e. The average molecular weight is 529 g/mol. The summed E-state index contributed by atoms with van der Waals surface area (Å²) in [5.74, 6) is 0. The van der Waals surface area contributed by atoms with E-state index in [-0.39, 0.29) is 0 Å². The van der Waals surface area contributed by atoms with Crippen LogP contribution in [0.3, 0.4) is 0 Å². The fourth-order valence-electron chi connectivity index (χ4n) is 4.51. The van der Waals surface area contributed by atoms with Crippen LogP contribution in [0.2, 0.25) is 0 Å². The van der Waals surface area contributed by atoms with Crippen molar-refractivity contribution in [1.29, 1.82) is 0 Å². The molecular formula is C34H28N2S2. The minimum atomic E-state index is 1.16. The fourth-order valence-corrected chi connectivity index (χ4v) is 6.70. The Balaban J connectivity index is 1.37. The number of rotatable bonds is 7. The molecule has 6 aromatic rings. The van der Waals surface area contributed by atoms with Crippen LogP contribution in [0.5, 0.6) is 0 Å². The SMILES string of the molecule is Cc1ccc(N(c2ccccc2)c2ccc(-c3ccc(N(c4ccccc4)c4ccc(C)cc4)s3)s2)cc1.